The summed E-state index contributed by atoms with van der Waals surface area (Å²) in [6.07, 6.45) is 2.76. The summed E-state index contributed by atoms with van der Waals surface area (Å²) in [4.78, 5) is 36.6. The zero-order chi connectivity index (χ0) is 22.0. The maximum atomic E-state index is 12.6. The number of carboxylic acid groups (broad SMARTS) is 1. The number of rotatable bonds is 12. The Morgan fingerprint density at radius 1 is 1.07 bits per heavy atom. The van der Waals surface area contributed by atoms with Crippen LogP contribution in [0, 0.1) is 5.92 Å². The quantitative estimate of drug-likeness (QED) is 0.338. The lowest BCUT2D eigenvalue weighted by Gasteiger charge is -2.24. The number of hydrogen-bond acceptors (Lipinski definition) is 6. The summed E-state index contributed by atoms with van der Waals surface area (Å²) in [5.41, 5.74) is 6.75. The van der Waals surface area contributed by atoms with Crippen LogP contribution >= 0.6 is 11.8 Å². The Bertz CT molecular complexity index is 681. The van der Waals surface area contributed by atoms with Crippen molar-refractivity contribution in [1.82, 2.24) is 10.6 Å². The number of phenols is 1. The van der Waals surface area contributed by atoms with Crippen LogP contribution in [0.4, 0.5) is 0 Å². The largest absolute Gasteiger partial charge is 0.508 e. The SMILES string of the molecule is CSCC[C@H](NC(=O)[C@H](CC(C)C)NC(=O)[C@@H](N)Cc1ccc(O)cc1)C(=O)O. The second kappa shape index (κ2) is 12.3. The lowest BCUT2D eigenvalue weighted by atomic mass is 10.0. The van der Waals surface area contributed by atoms with Gasteiger partial charge in [0.15, 0.2) is 0 Å². The molecule has 0 unspecified atom stereocenters. The molecule has 9 heteroatoms. The van der Waals surface area contributed by atoms with E-state index in [0.29, 0.717) is 18.6 Å². The Kier molecular flexibility index (Phi) is 10.5. The molecule has 0 saturated carbocycles. The molecule has 0 aliphatic rings. The first-order chi connectivity index (χ1) is 13.6. The number of aliphatic carboxylic acids is 1. The maximum absolute atomic E-state index is 12.6. The number of hydrogen-bond donors (Lipinski definition) is 5. The van der Waals surface area contributed by atoms with E-state index in [0.717, 1.165) is 5.56 Å². The van der Waals surface area contributed by atoms with Crippen molar-refractivity contribution >= 4 is 29.5 Å². The third-order valence-corrected chi connectivity index (χ3v) is 4.94. The number of nitrogens with one attached hydrogen (secondary N) is 2. The summed E-state index contributed by atoms with van der Waals surface area (Å²) < 4.78 is 0. The van der Waals surface area contributed by atoms with Gasteiger partial charge in [0.25, 0.3) is 0 Å². The van der Waals surface area contributed by atoms with Gasteiger partial charge >= 0.3 is 5.97 Å². The molecule has 162 valence electrons. The highest BCUT2D eigenvalue weighted by molar-refractivity contribution is 7.98. The minimum absolute atomic E-state index is 0.105. The van der Waals surface area contributed by atoms with Gasteiger partial charge in [-0.15, -0.1) is 0 Å². The summed E-state index contributed by atoms with van der Waals surface area (Å²) in [6, 6.07) is 3.60. The fourth-order valence-corrected chi connectivity index (χ4v) is 3.20. The number of carboxylic acids is 1. The molecule has 0 aliphatic carbocycles. The number of aromatic hydroxyl groups is 1. The fourth-order valence-electron chi connectivity index (χ4n) is 2.73. The first-order valence-electron chi connectivity index (χ1n) is 9.50. The summed E-state index contributed by atoms with van der Waals surface area (Å²) in [6.45, 7) is 3.82. The first-order valence-corrected chi connectivity index (χ1v) is 10.9. The third kappa shape index (κ3) is 9.19. The van der Waals surface area contributed by atoms with Crippen molar-refractivity contribution in [2.24, 2.45) is 11.7 Å². The number of phenolic OH excluding ortho intramolecular Hbond substituents is 1. The van der Waals surface area contributed by atoms with Crippen LogP contribution in [0.15, 0.2) is 24.3 Å². The fraction of sp³-hybridized carbons (Fsp3) is 0.550. The molecular weight excluding hydrogens is 394 g/mol. The molecule has 0 bridgehead atoms. The predicted molar refractivity (Wildman–Crippen MR) is 114 cm³/mol. The molecule has 2 amide bonds. The van der Waals surface area contributed by atoms with E-state index in [4.69, 9.17) is 5.73 Å². The van der Waals surface area contributed by atoms with Crippen molar-refractivity contribution in [3.63, 3.8) is 0 Å². The molecule has 1 rings (SSSR count). The Balaban J connectivity index is 2.77. The Labute approximate surface area is 175 Å². The normalized spacial score (nSPS) is 14.1. The summed E-state index contributed by atoms with van der Waals surface area (Å²) >= 11 is 1.49. The van der Waals surface area contributed by atoms with Gasteiger partial charge < -0.3 is 26.6 Å². The van der Waals surface area contributed by atoms with Crippen LogP contribution in [0.3, 0.4) is 0 Å². The van der Waals surface area contributed by atoms with E-state index in [1.807, 2.05) is 20.1 Å². The molecule has 3 atom stereocenters. The first kappa shape index (κ1) is 24.8. The summed E-state index contributed by atoms with van der Waals surface area (Å²) in [5.74, 6) is -1.31. The summed E-state index contributed by atoms with van der Waals surface area (Å²) in [5, 5.41) is 23.8. The van der Waals surface area contributed by atoms with Gasteiger partial charge in [-0.3, -0.25) is 9.59 Å². The van der Waals surface area contributed by atoms with Gasteiger partial charge in [-0.05, 0) is 54.9 Å². The second-order valence-corrected chi connectivity index (χ2v) is 8.33. The number of thioether (sulfide) groups is 1. The molecule has 6 N–H and O–H groups in total. The van der Waals surface area contributed by atoms with Crippen molar-refractivity contribution in [2.45, 2.75) is 51.2 Å². The molecule has 8 nitrogen and oxygen atoms in total. The second-order valence-electron chi connectivity index (χ2n) is 7.35. The van der Waals surface area contributed by atoms with Gasteiger partial charge in [0.1, 0.15) is 17.8 Å². The van der Waals surface area contributed by atoms with Crippen LogP contribution < -0.4 is 16.4 Å². The van der Waals surface area contributed by atoms with Crippen molar-refractivity contribution in [3.8, 4) is 5.75 Å². The van der Waals surface area contributed by atoms with E-state index >= 15 is 0 Å². The van der Waals surface area contributed by atoms with Gasteiger partial charge in [-0.25, -0.2) is 4.79 Å². The van der Waals surface area contributed by atoms with Gasteiger partial charge in [0.05, 0.1) is 6.04 Å². The Morgan fingerprint density at radius 3 is 2.17 bits per heavy atom. The van der Waals surface area contributed by atoms with Crippen LogP contribution in [0.25, 0.3) is 0 Å². The number of carbonyl (C=O) groups excluding carboxylic acids is 2. The van der Waals surface area contributed by atoms with Crippen LogP contribution in [-0.2, 0) is 20.8 Å². The number of nitrogens with two attached hydrogens (primary N) is 1. The molecule has 29 heavy (non-hydrogen) atoms. The van der Waals surface area contributed by atoms with Crippen molar-refractivity contribution in [1.29, 1.82) is 0 Å². The highest BCUT2D eigenvalue weighted by atomic mass is 32.2. The summed E-state index contributed by atoms with van der Waals surface area (Å²) in [7, 11) is 0. The van der Waals surface area contributed by atoms with Crippen LogP contribution in [0.5, 0.6) is 5.75 Å². The van der Waals surface area contributed by atoms with E-state index in [-0.39, 0.29) is 18.1 Å². The minimum Gasteiger partial charge on any atom is -0.508 e. The molecule has 1 aromatic rings. The standard InChI is InChI=1S/C20H31N3O5S/c1-12(2)10-17(19(26)22-16(20(27)28)8-9-29-3)23-18(25)15(21)11-13-4-6-14(24)7-5-13/h4-7,12,15-17,24H,8-11,21H2,1-3H3,(H,22,26)(H,23,25)(H,27,28)/t15-,16-,17-/m0/s1. The molecule has 0 heterocycles. The molecular formula is C20H31N3O5S. The zero-order valence-electron chi connectivity index (χ0n) is 17.1. The topological polar surface area (TPSA) is 142 Å². The third-order valence-electron chi connectivity index (χ3n) is 4.29. The van der Waals surface area contributed by atoms with Gasteiger partial charge in [0, 0.05) is 0 Å². The molecule has 0 aliphatic heterocycles. The number of benzene rings is 1. The van der Waals surface area contributed by atoms with Gasteiger partial charge in [0.2, 0.25) is 11.8 Å². The number of carbonyl (C=O) groups is 3. The number of amides is 2. The minimum atomic E-state index is -1.11. The van der Waals surface area contributed by atoms with E-state index in [2.05, 4.69) is 10.6 Å². The van der Waals surface area contributed by atoms with Crippen molar-refractivity contribution in [2.75, 3.05) is 12.0 Å². The Morgan fingerprint density at radius 2 is 1.66 bits per heavy atom. The highest BCUT2D eigenvalue weighted by Gasteiger charge is 2.28. The zero-order valence-corrected chi connectivity index (χ0v) is 17.9. The molecule has 1 aromatic carbocycles. The van der Waals surface area contributed by atoms with Gasteiger partial charge in [-0.2, -0.15) is 11.8 Å². The molecule has 0 radical (unpaired) electrons. The molecule has 0 aromatic heterocycles. The Hall–Kier alpha value is -2.26. The molecule has 0 spiro atoms. The van der Waals surface area contributed by atoms with Crippen molar-refractivity contribution < 1.29 is 24.6 Å². The molecule has 0 saturated heterocycles. The highest BCUT2D eigenvalue weighted by Crippen LogP contribution is 2.12. The lowest BCUT2D eigenvalue weighted by Crippen LogP contribution is -2.55. The van der Waals surface area contributed by atoms with Crippen LogP contribution in [-0.4, -0.2) is 58.1 Å². The van der Waals surface area contributed by atoms with Gasteiger partial charge in [-0.1, -0.05) is 26.0 Å². The van der Waals surface area contributed by atoms with E-state index in [9.17, 15) is 24.6 Å². The monoisotopic (exact) mass is 425 g/mol. The van der Waals surface area contributed by atoms with E-state index in [1.165, 1.54) is 23.9 Å². The average Bonchev–Trinajstić information content (AvgIpc) is 2.65. The van der Waals surface area contributed by atoms with E-state index in [1.54, 1.807) is 12.1 Å². The van der Waals surface area contributed by atoms with Crippen molar-refractivity contribution in [3.05, 3.63) is 29.8 Å². The van der Waals surface area contributed by atoms with Crippen LogP contribution in [0.2, 0.25) is 0 Å². The van der Waals surface area contributed by atoms with E-state index < -0.39 is 35.9 Å². The smallest absolute Gasteiger partial charge is 0.326 e. The maximum Gasteiger partial charge on any atom is 0.326 e. The molecule has 0 fully saturated rings. The average molecular weight is 426 g/mol. The lowest BCUT2D eigenvalue weighted by molar-refractivity contribution is -0.142. The predicted octanol–water partition coefficient (Wildman–Crippen LogP) is 1.12. The van der Waals surface area contributed by atoms with Crippen LogP contribution in [0.1, 0.15) is 32.3 Å².